The van der Waals surface area contributed by atoms with Crippen LogP contribution in [0, 0.1) is 5.92 Å². The zero-order valence-corrected chi connectivity index (χ0v) is 21.4. The highest BCUT2D eigenvalue weighted by atomic mass is 32.2. The molecule has 4 aromatic rings. The van der Waals surface area contributed by atoms with Crippen molar-refractivity contribution in [1.29, 1.82) is 0 Å². The Morgan fingerprint density at radius 1 is 0.833 bits per heavy atom. The molecule has 4 aromatic carbocycles. The molecular weight excluding hydrogens is 468 g/mol. The van der Waals surface area contributed by atoms with Crippen molar-refractivity contribution >= 4 is 27.0 Å². The molecule has 0 radical (unpaired) electrons. The first kappa shape index (κ1) is 25.6. The maximum absolute atomic E-state index is 13.4. The van der Waals surface area contributed by atoms with Gasteiger partial charge in [0.15, 0.2) is 0 Å². The summed E-state index contributed by atoms with van der Waals surface area (Å²) >= 11 is 0. The number of nitrogens with one attached hydrogen (secondary N) is 1. The van der Waals surface area contributed by atoms with Crippen molar-refractivity contribution < 1.29 is 13.5 Å². The van der Waals surface area contributed by atoms with Crippen LogP contribution in [0.15, 0.2) is 102 Å². The fourth-order valence-corrected chi connectivity index (χ4v) is 5.87. The number of fused-ring (bicyclic) bond motifs is 1. The molecule has 36 heavy (non-hydrogen) atoms. The molecule has 0 fully saturated rings. The number of aliphatic imine (C=N–C) groups is 1. The minimum atomic E-state index is -3.71. The summed E-state index contributed by atoms with van der Waals surface area (Å²) in [6.45, 7) is 4.10. The van der Waals surface area contributed by atoms with Gasteiger partial charge in [-0.15, -0.1) is 0 Å². The minimum absolute atomic E-state index is 0.120. The zero-order chi connectivity index (χ0) is 25.5. The second kappa shape index (κ2) is 11.5. The van der Waals surface area contributed by atoms with Crippen molar-refractivity contribution in [3.63, 3.8) is 0 Å². The third kappa shape index (κ3) is 6.59. The van der Waals surface area contributed by atoms with Crippen LogP contribution in [0.25, 0.3) is 10.8 Å². The lowest BCUT2D eigenvalue weighted by Gasteiger charge is -2.22. The van der Waals surface area contributed by atoms with Crippen molar-refractivity contribution in [1.82, 2.24) is 4.72 Å². The lowest BCUT2D eigenvalue weighted by Crippen LogP contribution is -2.35. The number of phenolic OH excluding ortho intramolecular Hbond substituents is 1. The third-order valence-electron chi connectivity index (χ3n) is 6.08. The first-order valence-electron chi connectivity index (χ1n) is 12.2. The van der Waals surface area contributed by atoms with Crippen LogP contribution in [0.4, 0.5) is 0 Å². The van der Waals surface area contributed by atoms with E-state index in [4.69, 9.17) is 0 Å². The summed E-state index contributed by atoms with van der Waals surface area (Å²) in [6, 6.07) is 29.4. The fraction of sp³-hybridized carbons (Fsp3) is 0.233. The fourth-order valence-electron chi connectivity index (χ4n) is 4.42. The molecule has 0 amide bonds. The van der Waals surface area contributed by atoms with E-state index in [2.05, 4.69) is 23.6 Å². The van der Waals surface area contributed by atoms with E-state index in [1.807, 2.05) is 91.0 Å². The quantitative estimate of drug-likeness (QED) is 0.259. The van der Waals surface area contributed by atoms with E-state index in [0.717, 1.165) is 21.9 Å². The van der Waals surface area contributed by atoms with Crippen LogP contribution in [0.3, 0.4) is 0 Å². The number of hydrogen-bond donors (Lipinski definition) is 2. The van der Waals surface area contributed by atoms with E-state index >= 15 is 0 Å². The van der Waals surface area contributed by atoms with Gasteiger partial charge in [-0.2, -0.15) is 0 Å². The van der Waals surface area contributed by atoms with Gasteiger partial charge in [-0.25, -0.2) is 13.1 Å². The molecule has 186 valence electrons. The lowest BCUT2D eigenvalue weighted by molar-refractivity contribution is 0.475. The van der Waals surface area contributed by atoms with E-state index < -0.39 is 22.1 Å². The van der Waals surface area contributed by atoms with Crippen LogP contribution < -0.4 is 4.72 Å². The van der Waals surface area contributed by atoms with Crippen molar-refractivity contribution in [3.8, 4) is 5.75 Å². The molecule has 0 heterocycles. The number of phenols is 1. The molecule has 2 N–H and O–H groups in total. The highest BCUT2D eigenvalue weighted by Gasteiger charge is 2.25. The van der Waals surface area contributed by atoms with Crippen LogP contribution in [0.5, 0.6) is 5.75 Å². The van der Waals surface area contributed by atoms with Crippen LogP contribution in [-0.4, -0.2) is 31.5 Å². The van der Waals surface area contributed by atoms with Gasteiger partial charge in [0.1, 0.15) is 5.75 Å². The van der Waals surface area contributed by atoms with Gasteiger partial charge in [0.25, 0.3) is 0 Å². The van der Waals surface area contributed by atoms with E-state index in [1.165, 1.54) is 0 Å². The highest BCUT2D eigenvalue weighted by molar-refractivity contribution is 7.89. The second-order valence-corrected chi connectivity index (χ2v) is 11.2. The summed E-state index contributed by atoms with van der Waals surface area (Å²) in [5, 5.41) is 12.3. The van der Waals surface area contributed by atoms with Gasteiger partial charge in [-0.3, -0.25) is 4.99 Å². The SMILES string of the molecule is CC(C)CC(CS(=O)(=O)NC(c1ccccc1)c1ccccc1)N=Cc1c(O)ccc2ccccc12. The Morgan fingerprint density at radius 3 is 2.03 bits per heavy atom. The zero-order valence-electron chi connectivity index (χ0n) is 20.6. The molecule has 0 saturated carbocycles. The molecular formula is C30H32N2O3S. The Kier molecular flexibility index (Phi) is 8.18. The van der Waals surface area contributed by atoms with Crippen LogP contribution >= 0.6 is 0 Å². The smallest absolute Gasteiger partial charge is 0.214 e. The lowest BCUT2D eigenvalue weighted by atomic mass is 10.00. The van der Waals surface area contributed by atoms with Crippen LogP contribution in [0.1, 0.15) is 43.0 Å². The molecule has 0 aromatic heterocycles. The van der Waals surface area contributed by atoms with Gasteiger partial charge in [-0.05, 0) is 40.3 Å². The first-order valence-corrected chi connectivity index (χ1v) is 13.8. The molecule has 0 bridgehead atoms. The topological polar surface area (TPSA) is 78.8 Å². The Morgan fingerprint density at radius 2 is 1.42 bits per heavy atom. The van der Waals surface area contributed by atoms with Crippen molar-refractivity contribution in [2.75, 3.05) is 5.75 Å². The van der Waals surface area contributed by atoms with E-state index in [1.54, 1.807) is 12.3 Å². The molecule has 4 rings (SSSR count). The van der Waals surface area contributed by atoms with Gasteiger partial charge in [0.2, 0.25) is 10.0 Å². The number of rotatable bonds is 10. The van der Waals surface area contributed by atoms with Gasteiger partial charge in [0, 0.05) is 11.8 Å². The van der Waals surface area contributed by atoms with E-state index in [-0.39, 0.29) is 17.4 Å². The average Bonchev–Trinajstić information content (AvgIpc) is 2.87. The number of hydrogen-bond acceptors (Lipinski definition) is 4. The summed E-state index contributed by atoms with van der Waals surface area (Å²) in [4.78, 5) is 4.68. The summed E-state index contributed by atoms with van der Waals surface area (Å²) in [5.74, 6) is 0.223. The third-order valence-corrected chi connectivity index (χ3v) is 7.50. The van der Waals surface area contributed by atoms with E-state index in [0.29, 0.717) is 12.0 Å². The molecule has 5 nitrogen and oxygen atoms in total. The molecule has 0 saturated heterocycles. The van der Waals surface area contributed by atoms with Crippen molar-refractivity contribution in [3.05, 3.63) is 114 Å². The molecule has 0 spiro atoms. The van der Waals surface area contributed by atoms with Gasteiger partial charge < -0.3 is 5.11 Å². The van der Waals surface area contributed by atoms with Crippen molar-refractivity contribution in [2.45, 2.75) is 32.4 Å². The van der Waals surface area contributed by atoms with Crippen LogP contribution in [-0.2, 0) is 10.0 Å². The van der Waals surface area contributed by atoms with E-state index in [9.17, 15) is 13.5 Å². The van der Waals surface area contributed by atoms with Crippen LogP contribution in [0.2, 0.25) is 0 Å². The monoisotopic (exact) mass is 500 g/mol. The predicted molar refractivity (Wildman–Crippen MR) is 148 cm³/mol. The number of sulfonamides is 1. The Bertz CT molecular complexity index is 1380. The second-order valence-electron chi connectivity index (χ2n) is 9.43. The van der Waals surface area contributed by atoms with Crippen molar-refractivity contribution in [2.24, 2.45) is 10.9 Å². The highest BCUT2D eigenvalue weighted by Crippen LogP contribution is 2.27. The molecule has 0 aliphatic heterocycles. The Balaban J connectivity index is 1.61. The summed E-state index contributed by atoms with van der Waals surface area (Å²) < 4.78 is 29.8. The molecule has 1 unspecified atom stereocenters. The largest absolute Gasteiger partial charge is 0.507 e. The summed E-state index contributed by atoms with van der Waals surface area (Å²) in [5.41, 5.74) is 2.34. The molecule has 1 atom stereocenters. The molecule has 0 aliphatic rings. The number of benzene rings is 4. The Hall–Kier alpha value is -3.48. The standard InChI is InChI=1S/C30H32N2O3S/c1-22(2)19-26(31-20-28-27-16-10-9-11-23(27)17-18-29(28)33)21-36(34,35)32-30(24-12-5-3-6-13-24)25-14-7-4-8-15-25/h3-18,20,22,26,30,32-33H,19,21H2,1-2H3. The summed E-state index contributed by atoms with van der Waals surface area (Å²) in [6.07, 6.45) is 2.22. The normalized spacial score (nSPS) is 13.1. The summed E-state index contributed by atoms with van der Waals surface area (Å²) in [7, 11) is -3.71. The Labute approximate surface area is 213 Å². The maximum Gasteiger partial charge on any atom is 0.214 e. The minimum Gasteiger partial charge on any atom is -0.507 e. The average molecular weight is 501 g/mol. The first-order chi connectivity index (χ1) is 17.3. The van der Waals surface area contributed by atoms with Gasteiger partial charge in [-0.1, -0.05) is 105 Å². The predicted octanol–water partition coefficient (Wildman–Crippen LogP) is 6.09. The number of aromatic hydroxyl groups is 1. The molecule has 6 heteroatoms. The van der Waals surface area contributed by atoms with Gasteiger partial charge >= 0.3 is 0 Å². The maximum atomic E-state index is 13.4. The molecule has 0 aliphatic carbocycles. The number of nitrogens with zero attached hydrogens (tertiary/aromatic N) is 1. The van der Waals surface area contributed by atoms with Gasteiger partial charge in [0.05, 0.1) is 17.8 Å².